The predicted octanol–water partition coefficient (Wildman–Crippen LogP) is 6.21. The number of azo groups is 2. The Hall–Kier alpha value is -7.10. The van der Waals surface area contributed by atoms with Crippen molar-refractivity contribution in [2.45, 2.75) is 25.9 Å². The third-order valence-electron chi connectivity index (χ3n) is 8.04. The molecule has 274 valence electrons. The molecule has 0 spiro atoms. The van der Waals surface area contributed by atoms with Gasteiger partial charge in [0.15, 0.2) is 11.4 Å². The normalized spacial score (nSPS) is 16.9. The molecule has 0 saturated carbocycles. The van der Waals surface area contributed by atoms with Gasteiger partial charge in [0.25, 0.3) is 11.8 Å². The van der Waals surface area contributed by atoms with Crippen LogP contribution in [-0.4, -0.2) is 74.7 Å². The van der Waals surface area contributed by atoms with E-state index in [4.69, 9.17) is 18.9 Å². The Bertz CT molecular complexity index is 2030. The molecule has 0 aromatic heterocycles. The monoisotopic (exact) mass is 730 g/mol. The van der Waals surface area contributed by atoms with Gasteiger partial charge in [-0.1, -0.05) is 48.5 Å². The molecule has 0 N–H and O–H groups in total. The number of hydrazone groups is 2. The Morgan fingerprint density at radius 3 is 1.35 bits per heavy atom. The van der Waals surface area contributed by atoms with Gasteiger partial charge >= 0.3 is 11.9 Å². The molecular formula is C38H34N8O8. The molecule has 2 heterocycles. The van der Waals surface area contributed by atoms with E-state index in [1.807, 2.05) is 0 Å². The summed E-state index contributed by atoms with van der Waals surface area (Å²) in [5.41, 5.74) is 2.53. The van der Waals surface area contributed by atoms with Gasteiger partial charge in [0.2, 0.25) is 12.1 Å². The number of anilines is 2. The molecule has 4 aromatic carbocycles. The molecule has 2 unspecified atom stereocenters. The molecular weight excluding hydrogens is 696 g/mol. The SMILES string of the molecule is CCOC(=O)C1=NN(c2ccccc2)C(=O)C1N=Nc1ccc(-c2ccc(N=NC3C(=O)N(c4ccccc4)N=C3C(=O)OCC)c(OC)c2)cc1OC. The second-order valence-corrected chi connectivity index (χ2v) is 11.4. The Labute approximate surface area is 309 Å². The molecule has 6 rings (SSSR count). The summed E-state index contributed by atoms with van der Waals surface area (Å²) < 4.78 is 21.5. The van der Waals surface area contributed by atoms with Gasteiger partial charge in [0, 0.05) is 0 Å². The molecule has 2 atom stereocenters. The van der Waals surface area contributed by atoms with Crippen LogP contribution >= 0.6 is 0 Å². The number of esters is 2. The molecule has 0 saturated heterocycles. The molecule has 0 fully saturated rings. The largest absolute Gasteiger partial charge is 0.494 e. The van der Waals surface area contributed by atoms with Gasteiger partial charge in [-0.05, 0) is 73.5 Å². The average molecular weight is 731 g/mol. The quantitative estimate of drug-likeness (QED) is 0.115. The van der Waals surface area contributed by atoms with Gasteiger partial charge in [0.05, 0.1) is 38.8 Å². The Balaban J connectivity index is 1.24. The van der Waals surface area contributed by atoms with E-state index in [0.717, 1.165) is 10.0 Å². The summed E-state index contributed by atoms with van der Waals surface area (Å²) in [4.78, 5) is 52.2. The van der Waals surface area contributed by atoms with Crippen molar-refractivity contribution in [3.05, 3.63) is 97.1 Å². The molecule has 54 heavy (non-hydrogen) atoms. The van der Waals surface area contributed by atoms with E-state index < -0.39 is 35.8 Å². The van der Waals surface area contributed by atoms with Crippen molar-refractivity contribution < 1.29 is 38.1 Å². The highest BCUT2D eigenvalue weighted by atomic mass is 16.5. The summed E-state index contributed by atoms with van der Waals surface area (Å²) in [7, 11) is 2.92. The van der Waals surface area contributed by atoms with Gasteiger partial charge in [-0.25, -0.2) is 9.59 Å². The van der Waals surface area contributed by atoms with Crippen LogP contribution in [0.15, 0.2) is 128 Å². The highest BCUT2D eigenvalue weighted by Crippen LogP contribution is 2.38. The maximum absolute atomic E-state index is 13.4. The fourth-order valence-corrected chi connectivity index (χ4v) is 5.44. The van der Waals surface area contributed by atoms with Crippen LogP contribution in [0.1, 0.15) is 13.8 Å². The number of carbonyl (C=O) groups excluding carboxylic acids is 4. The number of methoxy groups -OCH3 is 2. The summed E-state index contributed by atoms with van der Waals surface area (Å²) in [6, 6.07) is 24.9. The van der Waals surface area contributed by atoms with Crippen LogP contribution in [0.5, 0.6) is 11.5 Å². The van der Waals surface area contributed by atoms with Crippen molar-refractivity contribution >= 4 is 57.9 Å². The van der Waals surface area contributed by atoms with Gasteiger partial charge in [-0.2, -0.15) is 40.7 Å². The van der Waals surface area contributed by atoms with E-state index >= 15 is 0 Å². The number of benzene rings is 4. The highest BCUT2D eigenvalue weighted by molar-refractivity contribution is 6.46. The third-order valence-corrected chi connectivity index (χ3v) is 8.04. The molecule has 2 amide bonds. The Kier molecular flexibility index (Phi) is 11.2. The first-order valence-electron chi connectivity index (χ1n) is 16.7. The van der Waals surface area contributed by atoms with Crippen LogP contribution in [0.4, 0.5) is 22.7 Å². The third kappa shape index (κ3) is 7.57. The fourth-order valence-electron chi connectivity index (χ4n) is 5.44. The zero-order chi connectivity index (χ0) is 38.2. The molecule has 16 heteroatoms. The first-order chi connectivity index (χ1) is 26.3. The van der Waals surface area contributed by atoms with E-state index in [9.17, 15) is 19.2 Å². The highest BCUT2D eigenvalue weighted by Gasteiger charge is 2.43. The average Bonchev–Trinajstić information content (AvgIpc) is 3.72. The van der Waals surface area contributed by atoms with Crippen LogP contribution < -0.4 is 19.5 Å². The molecule has 0 aliphatic carbocycles. The van der Waals surface area contributed by atoms with Gasteiger partial charge in [0.1, 0.15) is 22.9 Å². The number of rotatable bonds is 13. The fraction of sp³-hybridized carbons (Fsp3) is 0.211. The van der Waals surface area contributed by atoms with Crippen LogP contribution in [-0.2, 0) is 28.7 Å². The first kappa shape index (κ1) is 36.7. The molecule has 2 aliphatic heterocycles. The van der Waals surface area contributed by atoms with Crippen LogP contribution in [0.25, 0.3) is 11.1 Å². The first-order valence-corrected chi connectivity index (χ1v) is 16.7. The lowest BCUT2D eigenvalue weighted by Crippen LogP contribution is -2.33. The van der Waals surface area contributed by atoms with Gasteiger partial charge in [-0.3, -0.25) is 9.59 Å². The van der Waals surface area contributed by atoms with Crippen molar-refractivity contribution in [1.29, 1.82) is 0 Å². The summed E-state index contributed by atoms with van der Waals surface area (Å²) in [5, 5.41) is 27.6. The zero-order valence-corrected chi connectivity index (χ0v) is 29.7. The maximum atomic E-state index is 13.4. The van der Waals surface area contributed by atoms with Crippen molar-refractivity contribution in [2.75, 3.05) is 37.5 Å². The molecule has 16 nitrogen and oxygen atoms in total. The molecule has 0 bridgehead atoms. The number of hydrogen-bond acceptors (Lipinski definition) is 14. The van der Waals surface area contributed by atoms with Crippen molar-refractivity contribution in [2.24, 2.45) is 30.7 Å². The zero-order valence-electron chi connectivity index (χ0n) is 29.7. The predicted molar refractivity (Wildman–Crippen MR) is 198 cm³/mol. The minimum atomic E-state index is -1.33. The standard InChI is InChI=1S/C38H34N8O8/c1-5-53-37(49)33-31(35(47)45(43-33)25-13-9-7-10-14-25)41-39-27-19-17-23(21-29(27)51-3)24-18-20-28(30(22-24)52-4)40-42-32-34(38(50)54-6-2)44-46(36(32)48)26-15-11-8-12-16-26/h7-22,31-32H,5-6H2,1-4H3. The lowest BCUT2D eigenvalue weighted by Gasteiger charge is -2.12. The van der Waals surface area contributed by atoms with Crippen molar-refractivity contribution in [3.8, 4) is 22.6 Å². The lowest BCUT2D eigenvalue weighted by molar-refractivity contribution is -0.136. The molecule has 4 aromatic rings. The van der Waals surface area contributed by atoms with E-state index in [1.165, 1.54) is 14.2 Å². The number of para-hydroxylation sites is 2. The van der Waals surface area contributed by atoms with Gasteiger partial charge in [-0.15, -0.1) is 0 Å². The van der Waals surface area contributed by atoms with Crippen LogP contribution in [0.2, 0.25) is 0 Å². The second kappa shape index (κ2) is 16.5. The lowest BCUT2D eigenvalue weighted by atomic mass is 10.0. The minimum Gasteiger partial charge on any atom is -0.494 e. The summed E-state index contributed by atoms with van der Waals surface area (Å²) >= 11 is 0. The number of ether oxygens (including phenoxy) is 4. The number of amides is 2. The minimum absolute atomic E-state index is 0.0874. The summed E-state index contributed by atoms with van der Waals surface area (Å²) in [6.45, 7) is 3.47. The van der Waals surface area contributed by atoms with E-state index in [0.29, 0.717) is 34.0 Å². The van der Waals surface area contributed by atoms with Crippen LogP contribution in [0, 0.1) is 0 Å². The number of hydrogen-bond donors (Lipinski definition) is 0. The number of carbonyl (C=O) groups is 4. The van der Waals surface area contributed by atoms with Crippen molar-refractivity contribution in [1.82, 2.24) is 0 Å². The van der Waals surface area contributed by atoms with E-state index in [2.05, 4.69) is 30.7 Å². The summed E-state index contributed by atoms with van der Waals surface area (Å²) in [6.07, 6.45) is 0. The summed E-state index contributed by atoms with van der Waals surface area (Å²) in [5.74, 6) is -2.03. The van der Waals surface area contributed by atoms with Gasteiger partial charge < -0.3 is 18.9 Å². The Morgan fingerprint density at radius 2 is 1.00 bits per heavy atom. The number of nitrogens with zero attached hydrogens (tertiary/aromatic N) is 8. The van der Waals surface area contributed by atoms with E-state index in [-0.39, 0.29) is 36.0 Å². The molecule has 2 aliphatic rings. The Morgan fingerprint density at radius 1 is 0.611 bits per heavy atom. The second-order valence-electron chi connectivity index (χ2n) is 11.4. The maximum Gasteiger partial charge on any atom is 0.357 e. The smallest absolute Gasteiger partial charge is 0.357 e. The topological polar surface area (TPSA) is 186 Å². The van der Waals surface area contributed by atoms with Crippen LogP contribution in [0.3, 0.4) is 0 Å². The van der Waals surface area contributed by atoms with Crippen molar-refractivity contribution in [3.63, 3.8) is 0 Å². The van der Waals surface area contributed by atoms with E-state index in [1.54, 1.807) is 111 Å². The molecule has 0 radical (unpaired) electrons.